The number of hydrogen-bond donors (Lipinski definition) is 0. The Balaban J connectivity index is 2.16. The van der Waals surface area contributed by atoms with E-state index in [0.717, 1.165) is 29.1 Å². The summed E-state index contributed by atoms with van der Waals surface area (Å²) in [7, 11) is 0. The predicted molar refractivity (Wildman–Crippen MR) is 48.3 cm³/mol. The van der Waals surface area contributed by atoms with E-state index in [1.54, 1.807) is 0 Å². The van der Waals surface area contributed by atoms with Gasteiger partial charge >= 0.3 is 0 Å². The van der Waals surface area contributed by atoms with Crippen LogP contribution in [0.1, 0.15) is 40.5 Å². The third-order valence-electron chi connectivity index (χ3n) is 4.80. The SMILES string of the molecule is CC1CC2(C)CC(C1C)C2C. The molecule has 3 saturated carbocycles. The van der Waals surface area contributed by atoms with Crippen molar-refractivity contribution in [2.24, 2.45) is 29.1 Å². The van der Waals surface area contributed by atoms with E-state index in [4.69, 9.17) is 0 Å². The minimum absolute atomic E-state index is 0.733. The van der Waals surface area contributed by atoms with Crippen LogP contribution in [-0.4, -0.2) is 0 Å². The Morgan fingerprint density at radius 1 is 1.09 bits per heavy atom. The molecule has 0 N–H and O–H groups in total. The zero-order chi connectivity index (χ0) is 8.22. The van der Waals surface area contributed by atoms with Gasteiger partial charge in [0.05, 0.1) is 0 Å². The highest BCUT2D eigenvalue weighted by Crippen LogP contribution is 2.63. The van der Waals surface area contributed by atoms with Crippen molar-refractivity contribution in [1.82, 2.24) is 0 Å². The van der Waals surface area contributed by atoms with Crippen molar-refractivity contribution >= 4 is 0 Å². The van der Waals surface area contributed by atoms with Gasteiger partial charge in [-0.3, -0.25) is 0 Å². The molecule has 0 aromatic rings. The van der Waals surface area contributed by atoms with Gasteiger partial charge in [0, 0.05) is 0 Å². The second kappa shape index (κ2) is 2.02. The molecule has 0 nitrogen and oxygen atoms in total. The third-order valence-corrected chi connectivity index (χ3v) is 4.80. The fourth-order valence-corrected chi connectivity index (χ4v) is 3.51. The smallest absolute Gasteiger partial charge is 0.0292 e. The lowest BCUT2D eigenvalue weighted by Crippen LogP contribution is -2.54. The summed E-state index contributed by atoms with van der Waals surface area (Å²) >= 11 is 0. The molecule has 5 atom stereocenters. The van der Waals surface area contributed by atoms with Crippen LogP contribution in [0.2, 0.25) is 0 Å². The fraction of sp³-hybridized carbons (Fsp3) is 1.00. The minimum atomic E-state index is 0.733. The lowest BCUT2D eigenvalue weighted by atomic mass is 9.43. The van der Waals surface area contributed by atoms with E-state index in [1.807, 2.05) is 0 Å². The zero-order valence-electron chi connectivity index (χ0n) is 8.22. The summed E-state index contributed by atoms with van der Waals surface area (Å²) in [5.41, 5.74) is 0.733. The lowest BCUT2D eigenvalue weighted by Gasteiger charge is -2.62. The summed E-state index contributed by atoms with van der Waals surface area (Å²) in [6.07, 6.45) is 2.99. The molecule has 0 aromatic heterocycles. The van der Waals surface area contributed by atoms with Crippen LogP contribution in [0.5, 0.6) is 0 Å². The average molecular weight is 152 g/mol. The molecule has 3 aliphatic carbocycles. The molecule has 0 heterocycles. The largest absolute Gasteiger partial charge is 0.0622 e. The minimum Gasteiger partial charge on any atom is -0.0622 e. The van der Waals surface area contributed by atoms with Gasteiger partial charge in [-0.05, 0) is 41.9 Å². The Labute approximate surface area is 70.4 Å². The molecule has 3 fully saturated rings. The molecule has 64 valence electrons. The summed E-state index contributed by atoms with van der Waals surface area (Å²) in [5, 5.41) is 0. The molecular formula is C11H20. The molecule has 0 saturated heterocycles. The first kappa shape index (κ1) is 7.64. The topological polar surface area (TPSA) is 0 Å². The normalized spacial score (nSPS) is 62.2. The predicted octanol–water partition coefficient (Wildman–Crippen LogP) is 3.32. The van der Waals surface area contributed by atoms with Gasteiger partial charge in [-0.1, -0.05) is 27.7 Å². The van der Waals surface area contributed by atoms with E-state index >= 15 is 0 Å². The second-order valence-electron chi connectivity index (χ2n) is 5.35. The standard InChI is InChI=1S/C11H20/c1-7-5-11(4)6-10(8(7)2)9(11)3/h7-10H,5-6H2,1-4H3. The molecule has 11 heavy (non-hydrogen) atoms. The van der Waals surface area contributed by atoms with Gasteiger partial charge in [-0.2, -0.15) is 0 Å². The monoisotopic (exact) mass is 152 g/mol. The van der Waals surface area contributed by atoms with Gasteiger partial charge in [0.15, 0.2) is 0 Å². The first-order valence-corrected chi connectivity index (χ1v) is 5.04. The van der Waals surface area contributed by atoms with Crippen LogP contribution < -0.4 is 0 Å². The Morgan fingerprint density at radius 2 is 1.73 bits per heavy atom. The van der Waals surface area contributed by atoms with Gasteiger partial charge in [0.1, 0.15) is 0 Å². The zero-order valence-corrected chi connectivity index (χ0v) is 8.22. The van der Waals surface area contributed by atoms with Crippen molar-refractivity contribution in [1.29, 1.82) is 0 Å². The van der Waals surface area contributed by atoms with E-state index < -0.39 is 0 Å². The highest BCUT2D eigenvalue weighted by molar-refractivity contribution is 5.04. The van der Waals surface area contributed by atoms with Gasteiger partial charge in [-0.25, -0.2) is 0 Å². The number of fused-ring (bicyclic) bond motifs is 2. The Kier molecular flexibility index (Phi) is 1.41. The fourth-order valence-electron chi connectivity index (χ4n) is 3.51. The number of hydrogen-bond acceptors (Lipinski definition) is 0. The molecule has 0 heteroatoms. The van der Waals surface area contributed by atoms with Crippen LogP contribution in [0.4, 0.5) is 0 Å². The quantitative estimate of drug-likeness (QED) is 0.499. The van der Waals surface area contributed by atoms with Crippen molar-refractivity contribution in [3.63, 3.8) is 0 Å². The maximum Gasteiger partial charge on any atom is -0.0292 e. The number of rotatable bonds is 0. The average Bonchev–Trinajstić information content (AvgIpc) is 1.96. The van der Waals surface area contributed by atoms with E-state index in [-0.39, 0.29) is 0 Å². The molecule has 3 aliphatic rings. The lowest BCUT2D eigenvalue weighted by molar-refractivity contribution is -0.125. The molecule has 0 aromatic carbocycles. The summed E-state index contributed by atoms with van der Waals surface area (Å²) in [6, 6.07) is 0. The molecule has 3 rings (SSSR count). The van der Waals surface area contributed by atoms with Crippen LogP contribution in [-0.2, 0) is 0 Å². The summed E-state index contributed by atoms with van der Waals surface area (Å²) < 4.78 is 0. The first-order chi connectivity index (χ1) is 5.04. The van der Waals surface area contributed by atoms with E-state index in [1.165, 1.54) is 12.8 Å². The van der Waals surface area contributed by atoms with Gasteiger partial charge in [0.25, 0.3) is 0 Å². The van der Waals surface area contributed by atoms with Gasteiger partial charge < -0.3 is 0 Å². The van der Waals surface area contributed by atoms with E-state index in [9.17, 15) is 0 Å². The summed E-state index contributed by atoms with van der Waals surface area (Å²) in [6.45, 7) is 9.82. The van der Waals surface area contributed by atoms with Gasteiger partial charge in [0.2, 0.25) is 0 Å². The third kappa shape index (κ3) is 0.816. The van der Waals surface area contributed by atoms with Crippen molar-refractivity contribution < 1.29 is 0 Å². The van der Waals surface area contributed by atoms with Crippen molar-refractivity contribution in [2.45, 2.75) is 40.5 Å². The van der Waals surface area contributed by atoms with Crippen molar-refractivity contribution in [2.75, 3.05) is 0 Å². The molecule has 0 radical (unpaired) electrons. The maximum atomic E-state index is 2.48. The van der Waals surface area contributed by atoms with Crippen molar-refractivity contribution in [3.05, 3.63) is 0 Å². The van der Waals surface area contributed by atoms with Crippen LogP contribution in [0.25, 0.3) is 0 Å². The molecule has 0 aliphatic heterocycles. The van der Waals surface area contributed by atoms with Gasteiger partial charge in [-0.15, -0.1) is 0 Å². The van der Waals surface area contributed by atoms with Crippen LogP contribution in [0, 0.1) is 29.1 Å². The molecular weight excluding hydrogens is 132 g/mol. The molecule has 0 amide bonds. The van der Waals surface area contributed by atoms with E-state index in [0.29, 0.717) is 0 Å². The Bertz CT molecular complexity index is 169. The van der Waals surface area contributed by atoms with Crippen LogP contribution in [0.15, 0.2) is 0 Å². The maximum absolute atomic E-state index is 2.48. The Hall–Kier alpha value is 0. The first-order valence-electron chi connectivity index (χ1n) is 5.04. The highest BCUT2D eigenvalue weighted by Gasteiger charge is 2.55. The highest BCUT2D eigenvalue weighted by atomic mass is 14.6. The van der Waals surface area contributed by atoms with E-state index in [2.05, 4.69) is 27.7 Å². The van der Waals surface area contributed by atoms with Crippen molar-refractivity contribution in [3.8, 4) is 0 Å². The van der Waals surface area contributed by atoms with Crippen LogP contribution in [0.3, 0.4) is 0 Å². The summed E-state index contributed by atoms with van der Waals surface area (Å²) in [4.78, 5) is 0. The molecule has 5 unspecified atom stereocenters. The molecule has 2 bridgehead atoms. The summed E-state index contributed by atoms with van der Waals surface area (Å²) in [5.74, 6) is 4.04. The molecule has 0 spiro atoms. The van der Waals surface area contributed by atoms with Crippen LogP contribution >= 0.6 is 0 Å². The second-order valence-corrected chi connectivity index (χ2v) is 5.35. The Morgan fingerprint density at radius 3 is 2.18 bits per heavy atom.